The molecule has 0 radical (unpaired) electrons. The summed E-state index contributed by atoms with van der Waals surface area (Å²) in [6.07, 6.45) is 5.33. The van der Waals surface area contributed by atoms with Gasteiger partial charge in [0.2, 0.25) is 5.91 Å². The summed E-state index contributed by atoms with van der Waals surface area (Å²) in [5.41, 5.74) is 0.357. The third-order valence-electron chi connectivity index (χ3n) is 5.99. The molecule has 136 valence electrons. The molecule has 3 saturated heterocycles. The Labute approximate surface area is 147 Å². The summed E-state index contributed by atoms with van der Waals surface area (Å²) in [6, 6.07) is 1.69. The highest BCUT2D eigenvalue weighted by Gasteiger charge is 2.49. The fraction of sp³-hybridized carbons (Fsp3) is 0.722. The van der Waals surface area contributed by atoms with Gasteiger partial charge in [0.05, 0.1) is 6.54 Å². The van der Waals surface area contributed by atoms with Crippen molar-refractivity contribution >= 4 is 11.8 Å². The van der Waals surface area contributed by atoms with Gasteiger partial charge in [-0.3, -0.25) is 14.5 Å². The van der Waals surface area contributed by atoms with Crippen LogP contribution in [0.2, 0.25) is 0 Å². The lowest BCUT2D eigenvalue weighted by Crippen LogP contribution is -2.68. The molecule has 4 rings (SSSR count). The first-order valence-corrected chi connectivity index (χ1v) is 9.33. The largest absolute Gasteiger partial charge is 0.361 e. The summed E-state index contributed by atoms with van der Waals surface area (Å²) in [4.78, 5) is 31.3. The van der Waals surface area contributed by atoms with E-state index in [1.54, 1.807) is 13.0 Å². The molecule has 0 aromatic carbocycles. The van der Waals surface area contributed by atoms with Gasteiger partial charge in [-0.25, -0.2) is 0 Å². The monoisotopic (exact) mass is 346 g/mol. The van der Waals surface area contributed by atoms with Crippen LogP contribution in [0.4, 0.5) is 0 Å². The van der Waals surface area contributed by atoms with Crippen molar-refractivity contribution in [1.29, 1.82) is 0 Å². The van der Waals surface area contributed by atoms with E-state index in [4.69, 9.17) is 4.52 Å². The molecule has 0 saturated carbocycles. The fourth-order valence-corrected chi connectivity index (χ4v) is 4.44. The second-order valence-electron chi connectivity index (χ2n) is 7.64. The van der Waals surface area contributed by atoms with E-state index in [1.807, 2.05) is 9.80 Å². The minimum atomic E-state index is -0.0614. The first-order chi connectivity index (χ1) is 12.1. The second kappa shape index (κ2) is 6.44. The summed E-state index contributed by atoms with van der Waals surface area (Å²) >= 11 is 0. The van der Waals surface area contributed by atoms with E-state index in [1.165, 1.54) is 0 Å². The van der Waals surface area contributed by atoms with Gasteiger partial charge in [0.1, 0.15) is 5.76 Å². The predicted octanol–water partition coefficient (Wildman–Crippen LogP) is 1.29. The van der Waals surface area contributed by atoms with Gasteiger partial charge in [0, 0.05) is 44.3 Å². The molecule has 1 atom stereocenters. The highest BCUT2D eigenvalue weighted by molar-refractivity contribution is 5.92. The Hall–Kier alpha value is -1.89. The Morgan fingerprint density at radius 1 is 1.12 bits per heavy atom. The number of carbonyl (C=O) groups excluding carboxylic acids is 2. The summed E-state index contributed by atoms with van der Waals surface area (Å²) < 4.78 is 5.04. The number of carbonyl (C=O) groups is 2. The third-order valence-corrected chi connectivity index (χ3v) is 5.99. The van der Waals surface area contributed by atoms with Crippen molar-refractivity contribution in [2.75, 3.05) is 39.3 Å². The number of aromatic nitrogens is 1. The Morgan fingerprint density at radius 2 is 1.88 bits per heavy atom. The zero-order valence-electron chi connectivity index (χ0n) is 14.9. The van der Waals surface area contributed by atoms with Crippen LogP contribution in [0.5, 0.6) is 0 Å². The molecular formula is C18H26N4O3. The summed E-state index contributed by atoms with van der Waals surface area (Å²) in [7, 11) is 0. The lowest BCUT2D eigenvalue weighted by Gasteiger charge is -2.57. The Bertz CT molecular complexity index is 667. The number of hydrogen-bond donors (Lipinski definition) is 0. The minimum Gasteiger partial charge on any atom is -0.361 e. The summed E-state index contributed by atoms with van der Waals surface area (Å²) in [6.45, 7) is 6.46. The van der Waals surface area contributed by atoms with E-state index >= 15 is 0 Å². The molecule has 0 aliphatic carbocycles. The van der Waals surface area contributed by atoms with E-state index in [2.05, 4.69) is 10.1 Å². The average molecular weight is 346 g/mol. The molecule has 1 spiro atoms. The van der Waals surface area contributed by atoms with Crippen LogP contribution in [0.3, 0.4) is 0 Å². The van der Waals surface area contributed by atoms with Crippen LogP contribution in [0.25, 0.3) is 0 Å². The number of hydrogen-bond acceptors (Lipinski definition) is 5. The van der Waals surface area contributed by atoms with Gasteiger partial charge in [-0.15, -0.1) is 0 Å². The van der Waals surface area contributed by atoms with Crippen molar-refractivity contribution in [2.45, 2.75) is 44.6 Å². The van der Waals surface area contributed by atoms with Crippen LogP contribution in [0.15, 0.2) is 10.6 Å². The zero-order chi connectivity index (χ0) is 17.4. The molecule has 3 aliphatic heterocycles. The van der Waals surface area contributed by atoms with E-state index < -0.39 is 0 Å². The van der Waals surface area contributed by atoms with E-state index in [0.717, 1.165) is 58.3 Å². The lowest BCUT2D eigenvalue weighted by molar-refractivity contribution is -0.138. The second-order valence-corrected chi connectivity index (χ2v) is 7.64. The molecule has 4 heterocycles. The molecule has 3 aliphatic rings. The maximum Gasteiger partial charge on any atom is 0.276 e. The molecule has 2 amide bonds. The van der Waals surface area contributed by atoms with Crippen molar-refractivity contribution in [3.8, 4) is 0 Å². The van der Waals surface area contributed by atoms with Gasteiger partial charge in [-0.2, -0.15) is 0 Å². The Morgan fingerprint density at radius 3 is 2.52 bits per heavy atom. The van der Waals surface area contributed by atoms with E-state index in [-0.39, 0.29) is 17.4 Å². The standard InChI is InChI=1S/C18H26N4O3/c1-14-11-15(19-25-14)17(24)21-9-4-5-18(13-21)6-10-22(18)12-16(23)20-7-2-3-8-20/h11H,2-10,12-13H2,1H3. The number of nitrogens with zero attached hydrogens (tertiary/aromatic N) is 4. The number of likely N-dealkylation sites (tertiary alicyclic amines) is 3. The van der Waals surface area contributed by atoms with Crippen LogP contribution in [-0.4, -0.2) is 76.5 Å². The molecule has 3 fully saturated rings. The van der Waals surface area contributed by atoms with Gasteiger partial charge < -0.3 is 14.3 Å². The van der Waals surface area contributed by atoms with E-state index in [9.17, 15) is 9.59 Å². The van der Waals surface area contributed by atoms with Gasteiger partial charge in [0.15, 0.2) is 5.69 Å². The Kier molecular flexibility index (Phi) is 4.27. The molecule has 1 unspecified atom stereocenters. The quantitative estimate of drug-likeness (QED) is 0.825. The SMILES string of the molecule is Cc1cc(C(=O)N2CCCC3(CCN3CC(=O)N3CCCC3)C2)no1. The predicted molar refractivity (Wildman–Crippen MR) is 91.1 cm³/mol. The molecular weight excluding hydrogens is 320 g/mol. The number of aryl methyl sites for hydroxylation is 1. The molecule has 1 aromatic rings. The minimum absolute atomic E-state index is 0.0257. The zero-order valence-corrected chi connectivity index (χ0v) is 14.9. The number of piperidine rings is 1. The van der Waals surface area contributed by atoms with Crippen LogP contribution >= 0.6 is 0 Å². The van der Waals surface area contributed by atoms with Gasteiger partial charge in [-0.05, 0) is 39.0 Å². The lowest BCUT2D eigenvalue weighted by atomic mass is 9.77. The van der Waals surface area contributed by atoms with Crippen molar-refractivity contribution in [2.24, 2.45) is 0 Å². The van der Waals surface area contributed by atoms with Gasteiger partial charge >= 0.3 is 0 Å². The normalized spacial score (nSPS) is 26.9. The van der Waals surface area contributed by atoms with Crippen LogP contribution in [0, 0.1) is 6.92 Å². The molecule has 0 N–H and O–H groups in total. The van der Waals surface area contributed by atoms with Crippen LogP contribution in [-0.2, 0) is 4.79 Å². The maximum absolute atomic E-state index is 12.7. The van der Waals surface area contributed by atoms with Crippen molar-refractivity contribution in [3.05, 3.63) is 17.5 Å². The molecule has 7 heteroatoms. The van der Waals surface area contributed by atoms with Crippen molar-refractivity contribution in [1.82, 2.24) is 19.9 Å². The van der Waals surface area contributed by atoms with E-state index in [0.29, 0.717) is 24.5 Å². The Balaban J connectivity index is 1.41. The van der Waals surface area contributed by atoms with Gasteiger partial charge in [-0.1, -0.05) is 5.16 Å². The van der Waals surface area contributed by atoms with Crippen molar-refractivity contribution < 1.29 is 14.1 Å². The van der Waals surface area contributed by atoms with Crippen molar-refractivity contribution in [3.63, 3.8) is 0 Å². The summed E-state index contributed by atoms with van der Waals surface area (Å²) in [5, 5.41) is 3.86. The molecule has 1 aromatic heterocycles. The average Bonchev–Trinajstić information content (AvgIpc) is 3.29. The highest BCUT2D eigenvalue weighted by Crippen LogP contribution is 2.38. The molecule has 25 heavy (non-hydrogen) atoms. The molecule has 0 bridgehead atoms. The topological polar surface area (TPSA) is 69.9 Å². The number of rotatable bonds is 3. The fourth-order valence-electron chi connectivity index (χ4n) is 4.44. The smallest absolute Gasteiger partial charge is 0.276 e. The maximum atomic E-state index is 12.7. The molecule has 7 nitrogen and oxygen atoms in total. The third kappa shape index (κ3) is 3.05. The highest BCUT2D eigenvalue weighted by atomic mass is 16.5. The van der Waals surface area contributed by atoms with Crippen LogP contribution < -0.4 is 0 Å². The summed E-state index contributed by atoms with van der Waals surface area (Å²) in [5.74, 6) is 0.831. The first-order valence-electron chi connectivity index (χ1n) is 9.33. The van der Waals surface area contributed by atoms with Gasteiger partial charge in [0.25, 0.3) is 5.91 Å². The number of amides is 2. The first kappa shape index (κ1) is 16.6. The van der Waals surface area contributed by atoms with Crippen LogP contribution in [0.1, 0.15) is 48.4 Å².